The fraction of sp³-hybridized carbons (Fsp3) is 0. The van der Waals surface area contributed by atoms with Crippen LogP contribution >= 0.6 is 0 Å². The number of rotatable bonds is 4. The number of hydrogen-bond acceptors (Lipinski definition) is 2. The van der Waals surface area contributed by atoms with Crippen LogP contribution < -0.4 is 7.45 Å². The maximum atomic E-state index is 5.48. The van der Waals surface area contributed by atoms with Crippen LogP contribution in [-0.4, -0.2) is 16.4 Å². The molecule has 0 saturated heterocycles. The third kappa shape index (κ3) is 3.34. The summed E-state index contributed by atoms with van der Waals surface area (Å²) in [6.07, 6.45) is 0. The molecule has 0 atom stereocenters. The Morgan fingerprint density at radius 2 is 1.00 bits per heavy atom. The molecule has 0 unspecified atom stereocenters. The molecule has 0 N–H and O–H groups in total. The van der Waals surface area contributed by atoms with E-state index in [1.807, 2.05) is 60.7 Å². The second-order valence-corrected chi connectivity index (χ2v) is 3.96. The standard InChI is InChI=1S/C12H10AsO2/c1-3-7-11(8-4-1)14-13-15-12-9-5-2-6-10-12/h1-10H. The normalized spacial score (nSPS) is 9.60. The average molecular weight is 261 g/mol. The minimum atomic E-state index is -0.590. The fourth-order valence-corrected chi connectivity index (χ4v) is 2.02. The average Bonchev–Trinajstić information content (AvgIpc) is 2.32. The molecule has 0 bridgehead atoms. The molecular weight excluding hydrogens is 251 g/mol. The Balaban J connectivity index is 1.81. The van der Waals surface area contributed by atoms with Crippen molar-refractivity contribution in [3.8, 4) is 11.5 Å². The van der Waals surface area contributed by atoms with Gasteiger partial charge in [-0.3, -0.25) is 0 Å². The van der Waals surface area contributed by atoms with Crippen molar-refractivity contribution in [1.82, 2.24) is 0 Å². The van der Waals surface area contributed by atoms with Gasteiger partial charge in [0.05, 0.1) is 0 Å². The van der Waals surface area contributed by atoms with Crippen LogP contribution in [0.2, 0.25) is 0 Å². The second kappa shape index (κ2) is 5.47. The fourth-order valence-electron chi connectivity index (χ4n) is 1.07. The molecule has 2 rings (SSSR count). The van der Waals surface area contributed by atoms with Gasteiger partial charge in [-0.25, -0.2) is 0 Å². The third-order valence-corrected chi connectivity index (χ3v) is 2.97. The summed E-state index contributed by atoms with van der Waals surface area (Å²) in [5, 5.41) is 0. The molecule has 1 radical (unpaired) electrons. The zero-order valence-corrected chi connectivity index (χ0v) is 9.91. The van der Waals surface area contributed by atoms with Crippen molar-refractivity contribution in [3.63, 3.8) is 0 Å². The summed E-state index contributed by atoms with van der Waals surface area (Å²) in [4.78, 5) is 0. The van der Waals surface area contributed by atoms with E-state index in [0.29, 0.717) is 0 Å². The van der Waals surface area contributed by atoms with Gasteiger partial charge in [-0.1, -0.05) is 0 Å². The van der Waals surface area contributed by atoms with Crippen molar-refractivity contribution in [1.29, 1.82) is 0 Å². The van der Waals surface area contributed by atoms with E-state index in [1.54, 1.807) is 0 Å². The van der Waals surface area contributed by atoms with Crippen LogP contribution in [0.5, 0.6) is 11.5 Å². The summed E-state index contributed by atoms with van der Waals surface area (Å²) in [6, 6.07) is 19.4. The molecule has 0 saturated carbocycles. The predicted octanol–water partition coefficient (Wildman–Crippen LogP) is 2.68. The van der Waals surface area contributed by atoms with Crippen molar-refractivity contribution >= 4 is 16.4 Å². The van der Waals surface area contributed by atoms with E-state index in [0.717, 1.165) is 11.5 Å². The number of para-hydroxylation sites is 2. The Kier molecular flexibility index (Phi) is 3.69. The summed E-state index contributed by atoms with van der Waals surface area (Å²) < 4.78 is 11.0. The van der Waals surface area contributed by atoms with E-state index in [2.05, 4.69) is 0 Å². The van der Waals surface area contributed by atoms with E-state index in [-0.39, 0.29) is 0 Å². The van der Waals surface area contributed by atoms with Crippen LogP contribution in [0.25, 0.3) is 0 Å². The summed E-state index contributed by atoms with van der Waals surface area (Å²) in [6.45, 7) is 0. The summed E-state index contributed by atoms with van der Waals surface area (Å²) in [7, 11) is 0. The van der Waals surface area contributed by atoms with E-state index < -0.39 is 16.4 Å². The molecule has 0 aliphatic heterocycles. The van der Waals surface area contributed by atoms with Crippen LogP contribution in [-0.2, 0) is 0 Å². The quantitative estimate of drug-likeness (QED) is 0.788. The van der Waals surface area contributed by atoms with Crippen LogP contribution in [0.4, 0.5) is 0 Å². The molecule has 0 aliphatic rings. The zero-order chi connectivity index (χ0) is 10.3. The molecule has 0 fully saturated rings. The Hall–Kier alpha value is -1.40. The van der Waals surface area contributed by atoms with E-state index >= 15 is 0 Å². The number of hydrogen-bond donors (Lipinski definition) is 0. The molecule has 15 heavy (non-hydrogen) atoms. The number of benzene rings is 2. The molecule has 0 aromatic heterocycles. The summed E-state index contributed by atoms with van der Waals surface area (Å²) in [5.41, 5.74) is 0. The first-order valence-electron chi connectivity index (χ1n) is 4.59. The second-order valence-electron chi connectivity index (χ2n) is 2.88. The molecular formula is C12H10AsO2. The van der Waals surface area contributed by atoms with Crippen LogP contribution in [0.15, 0.2) is 60.7 Å². The molecule has 0 heterocycles. The first-order chi connectivity index (χ1) is 7.45. The van der Waals surface area contributed by atoms with Gasteiger partial charge in [0.15, 0.2) is 0 Å². The molecule has 2 aromatic carbocycles. The van der Waals surface area contributed by atoms with Gasteiger partial charge in [-0.2, -0.15) is 0 Å². The Bertz CT molecular complexity index is 349. The summed E-state index contributed by atoms with van der Waals surface area (Å²) in [5.74, 6) is 1.71. The van der Waals surface area contributed by atoms with Crippen molar-refractivity contribution < 1.29 is 7.45 Å². The van der Waals surface area contributed by atoms with Gasteiger partial charge in [0.1, 0.15) is 0 Å². The monoisotopic (exact) mass is 261 g/mol. The van der Waals surface area contributed by atoms with Crippen molar-refractivity contribution in [2.24, 2.45) is 0 Å². The van der Waals surface area contributed by atoms with E-state index in [4.69, 9.17) is 7.45 Å². The van der Waals surface area contributed by atoms with Crippen LogP contribution in [0.1, 0.15) is 0 Å². The zero-order valence-electron chi connectivity index (χ0n) is 8.04. The molecule has 0 amide bonds. The van der Waals surface area contributed by atoms with Gasteiger partial charge in [0.2, 0.25) is 0 Å². The van der Waals surface area contributed by atoms with Crippen LogP contribution in [0, 0.1) is 0 Å². The molecule has 0 spiro atoms. The predicted molar refractivity (Wildman–Crippen MR) is 59.9 cm³/mol. The minimum absolute atomic E-state index is 0.590. The van der Waals surface area contributed by atoms with Gasteiger partial charge in [0.25, 0.3) is 0 Å². The Morgan fingerprint density at radius 1 is 0.600 bits per heavy atom. The SMILES string of the molecule is c1ccc(O[As]Oc2ccccc2)cc1. The molecule has 2 aromatic rings. The van der Waals surface area contributed by atoms with Gasteiger partial charge in [-0.15, -0.1) is 0 Å². The molecule has 2 nitrogen and oxygen atoms in total. The van der Waals surface area contributed by atoms with Gasteiger partial charge in [0, 0.05) is 0 Å². The first-order valence-corrected chi connectivity index (χ1v) is 6.13. The maximum absolute atomic E-state index is 5.48. The van der Waals surface area contributed by atoms with Crippen molar-refractivity contribution in [2.75, 3.05) is 0 Å². The van der Waals surface area contributed by atoms with Gasteiger partial charge < -0.3 is 0 Å². The first kappa shape index (κ1) is 10.1. The van der Waals surface area contributed by atoms with Gasteiger partial charge >= 0.3 is 96.0 Å². The Morgan fingerprint density at radius 3 is 1.40 bits per heavy atom. The molecule has 0 aliphatic carbocycles. The van der Waals surface area contributed by atoms with Crippen molar-refractivity contribution in [2.45, 2.75) is 0 Å². The van der Waals surface area contributed by atoms with E-state index in [1.165, 1.54) is 0 Å². The topological polar surface area (TPSA) is 18.5 Å². The third-order valence-electron chi connectivity index (χ3n) is 1.77. The molecule has 3 heteroatoms. The van der Waals surface area contributed by atoms with E-state index in [9.17, 15) is 0 Å². The molecule has 75 valence electrons. The van der Waals surface area contributed by atoms with Gasteiger partial charge in [-0.05, 0) is 0 Å². The van der Waals surface area contributed by atoms with Crippen molar-refractivity contribution in [3.05, 3.63) is 60.7 Å². The Labute approximate surface area is 96.2 Å². The van der Waals surface area contributed by atoms with Crippen LogP contribution in [0.3, 0.4) is 0 Å². The summed E-state index contributed by atoms with van der Waals surface area (Å²) >= 11 is -0.590.